The molecule has 0 atom stereocenters. The summed E-state index contributed by atoms with van der Waals surface area (Å²) in [5.41, 5.74) is 3.54. The van der Waals surface area contributed by atoms with Crippen molar-refractivity contribution in [3.63, 3.8) is 0 Å². The van der Waals surface area contributed by atoms with Crippen LogP contribution >= 0.6 is 0 Å². The van der Waals surface area contributed by atoms with Crippen LogP contribution in [0.1, 0.15) is 0 Å². The number of halogens is 1. The van der Waals surface area contributed by atoms with Gasteiger partial charge in [0.25, 0.3) is 0 Å². The molecule has 34 heavy (non-hydrogen) atoms. The van der Waals surface area contributed by atoms with Crippen LogP contribution < -0.4 is 10.2 Å². The van der Waals surface area contributed by atoms with Gasteiger partial charge in [0, 0.05) is 43.7 Å². The van der Waals surface area contributed by atoms with Gasteiger partial charge < -0.3 is 15.1 Å². The molecular formula is C24H25FN6O2S. The second kappa shape index (κ2) is 8.69. The van der Waals surface area contributed by atoms with Crippen LogP contribution in [0.3, 0.4) is 0 Å². The normalized spacial score (nSPS) is 15.1. The number of rotatable bonds is 5. The third-order valence-corrected chi connectivity index (χ3v) is 7.15. The second-order valence-electron chi connectivity index (χ2n) is 8.52. The van der Waals surface area contributed by atoms with Crippen LogP contribution in [0.15, 0.2) is 65.7 Å². The summed E-state index contributed by atoms with van der Waals surface area (Å²) >= 11 is 0. The number of likely N-dealkylation sites (N-methyl/N-ethyl adjacent to an activating group) is 1. The molecular weight excluding hydrogens is 455 g/mol. The number of anilines is 3. The zero-order valence-corrected chi connectivity index (χ0v) is 19.8. The highest BCUT2D eigenvalue weighted by Crippen LogP contribution is 2.27. The van der Waals surface area contributed by atoms with Gasteiger partial charge in [-0.2, -0.15) is 0 Å². The fourth-order valence-electron chi connectivity index (χ4n) is 4.07. The molecule has 2 aromatic heterocycles. The predicted molar refractivity (Wildman–Crippen MR) is 131 cm³/mol. The molecule has 1 saturated heterocycles. The number of piperazine rings is 1. The SMILES string of the molecule is CN1CCN(c2ccc(Nc3ncc4ccc(-c5ccc(S(C)(=O)=O)cc5)n4n3)cc2F)CC1. The monoisotopic (exact) mass is 480 g/mol. The quantitative estimate of drug-likeness (QED) is 0.469. The largest absolute Gasteiger partial charge is 0.367 e. The summed E-state index contributed by atoms with van der Waals surface area (Å²) < 4.78 is 40.1. The molecule has 3 heterocycles. The van der Waals surface area contributed by atoms with Crippen LogP contribution in [-0.2, 0) is 9.84 Å². The van der Waals surface area contributed by atoms with Gasteiger partial charge in [-0.1, -0.05) is 12.1 Å². The first-order valence-electron chi connectivity index (χ1n) is 10.9. The Morgan fingerprint density at radius 2 is 1.71 bits per heavy atom. The van der Waals surface area contributed by atoms with Crippen LogP contribution in [0.4, 0.5) is 21.7 Å². The molecule has 2 aromatic carbocycles. The van der Waals surface area contributed by atoms with E-state index in [1.807, 2.05) is 18.2 Å². The molecule has 1 aliphatic rings. The van der Waals surface area contributed by atoms with Crippen molar-refractivity contribution in [3.05, 3.63) is 66.6 Å². The number of nitrogens with one attached hydrogen (secondary N) is 1. The van der Waals surface area contributed by atoms with Gasteiger partial charge in [0.1, 0.15) is 5.82 Å². The van der Waals surface area contributed by atoms with Crippen molar-refractivity contribution in [3.8, 4) is 11.3 Å². The van der Waals surface area contributed by atoms with Gasteiger partial charge in [-0.3, -0.25) is 0 Å². The average Bonchev–Trinajstić information content (AvgIpc) is 3.23. The van der Waals surface area contributed by atoms with Crippen LogP contribution in [0.5, 0.6) is 0 Å². The minimum absolute atomic E-state index is 0.260. The highest BCUT2D eigenvalue weighted by atomic mass is 32.2. The van der Waals surface area contributed by atoms with Crippen molar-refractivity contribution in [2.45, 2.75) is 4.90 Å². The molecule has 0 unspecified atom stereocenters. The van der Waals surface area contributed by atoms with Crippen molar-refractivity contribution in [1.29, 1.82) is 0 Å². The van der Waals surface area contributed by atoms with Gasteiger partial charge in [0.2, 0.25) is 5.95 Å². The Morgan fingerprint density at radius 3 is 2.38 bits per heavy atom. The van der Waals surface area contributed by atoms with Gasteiger partial charge in [-0.05, 0) is 49.5 Å². The number of sulfone groups is 1. The van der Waals surface area contributed by atoms with Crippen LogP contribution in [0.25, 0.3) is 16.8 Å². The zero-order valence-electron chi connectivity index (χ0n) is 18.9. The second-order valence-corrected chi connectivity index (χ2v) is 10.5. The lowest BCUT2D eigenvalue weighted by molar-refractivity contribution is 0.311. The van der Waals surface area contributed by atoms with E-state index >= 15 is 0 Å². The van der Waals surface area contributed by atoms with Gasteiger partial charge >= 0.3 is 0 Å². The van der Waals surface area contributed by atoms with Crippen LogP contribution in [0.2, 0.25) is 0 Å². The Bertz CT molecular complexity index is 1440. The summed E-state index contributed by atoms with van der Waals surface area (Å²) in [4.78, 5) is 8.89. The molecule has 176 valence electrons. The molecule has 1 aliphatic heterocycles. The van der Waals surface area contributed by atoms with E-state index in [1.54, 1.807) is 41.0 Å². The molecule has 0 aliphatic carbocycles. The molecule has 0 saturated carbocycles. The zero-order chi connectivity index (χ0) is 23.9. The summed E-state index contributed by atoms with van der Waals surface area (Å²) in [6.45, 7) is 3.40. The molecule has 0 radical (unpaired) electrons. The summed E-state index contributed by atoms with van der Waals surface area (Å²) in [6, 6.07) is 15.5. The van der Waals surface area contributed by atoms with Crippen LogP contribution in [-0.4, -0.2) is 67.4 Å². The lowest BCUT2D eigenvalue weighted by Gasteiger charge is -2.34. The van der Waals surface area contributed by atoms with E-state index in [0.29, 0.717) is 17.3 Å². The maximum Gasteiger partial charge on any atom is 0.245 e. The van der Waals surface area contributed by atoms with E-state index in [0.717, 1.165) is 43.0 Å². The maximum absolute atomic E-state index is 14.9. The third kappa shape index (κ3) is 4.46. The maximum atomic E-state index is 14.9. The summed E-state index contributed by atoms with van der Waals surface area (Å²) in [5.74, 6) is 0.0349. The molecule has 0 bridgehead atoms. The van der Waals surface area contributed by atoms with Crippen molar-refractivity contribution in [2.75, 3.05) is 49.7 Å². The number of hydrogen-bond acceptors (Lipinski definition) is 7. The van der Waals surface area contributed by atoms with E-state index in [4.69, 9.17) is 0 Å². The van der Waals surface area contributed by atoms with E-state index < -0.39 is 9.84 Å². The topological polar surface area (TPSA) is 82.8 Å². The molecule has 0 amide bonds. The molecule has 1 fully saturated rings. The predicted octanol–water partition coefficient (Wildman–Crippen LogP) is 3.43. The minimum Gasteiger partial charge on any atom is -0.367 e. The number of fused-ring (bicyclic) bond motifs is 1. The highest BCUT2D eigenvalue weighted by molar-refractivity contribution is 7.90. The van der Waals surface area contributed by atoms with E-state index in [2.05, 4.69) is 32.2 Å². The first-order valence-corrected chi connectivity index (χ1v) is 12.8. The summed E-state index contributed by atoms with van der Waals surface area (Å²) in [7, 11) is -1.20. The fourth-order valence-corrected chi connectivity index (χ4v) is 4.70. The first kappa shape index (κ1) is 22.3. The Kier molecular flexibility index (Phi) is 5.70. The van der Waals surface area contributed by atoms with E-state index in [-0.39, 0.29) is 10.7 Å². The number of benzene rings is 2. The smallest absolute Gasteiger partial charge is 0.245 e. The van der Waals surface area contributed by atoms with Crippen molar-refractivity contribution in [2.24, 2.45) is 0 Å². The van der Waals surface area contributed by atoms with Crippen molar-refractivity contribution >= 4 is 32.7 Å². The number of aromatic nitrogens is 3. The third-order valence-electron chi connectivity index (χ3n) is 6.02. The lowest BCUT2D eigenvalue weighted by Crippen LogP contribution is -2.44. The highest BCUT2D eigenvalue weighted by Gasteiger charge is 2.18. The van der Waals surface area contributed by atoms with Gasteiger partial charge in [0.05, 0.1) is 28.0 Å². The van der Waals surface area contributed by atoms with E-state index in [9.17, 15) is 12.8 Å². The number of nitrogens with zero attached hydrogens (tertiary/aromatic N) is 5. The Hall–Kier alpha value is -3.50. The molecule has 8 nitrogen and oxygen atoms in total. The van der Waals surface area contributed by atoms with Crippen molar-refractivity contribution < 1.29 is 12.8 Å². The standard InChI is InChI=1S/C24H25FN6O2S/c1-29-11-13-30(14-12-29)23-9-5-18(15-21(23)25)27-24-26-16-19-6-10-22(31(19)28-24)17-3-7-20(8-4-17)34(2,32)33/h3-10,15-16H,11-14H2,1-2H3,(H,27,28). The molecule has 4 aromatic rings. The summed E-state index contributed by atoms with van der Waals surface area (Å²) in [6.07, 6.45) is 2.86. The Morgan fingerprint density at radius 1 is 0.971 bits per heavy atom. The van der Waals surface area contributed by atoms with E-state index in [1.165, 1.54) is 12.3 Å². The first-order chi connectivity index (χ1) is 16.3. The van der Waals surface area contributed by atoms with Crippen molar-refractivity contribution in [1.82, 2.24) is 19.5 Å². The van der Waals surface area contributed by atoms with Gasteiger partial charge in [-0.15, -0.1) is 5.10 Å². The fraction of sp³-hybridized carbons (Fsp3) is 0.250. The van der Waals surface area contributed by atoms with Crippen LogP contribution in [0, 0.1) is 5.82 Å². The molecule has 1 N–H and O–H groups in total. The van der Waals surface area contributed by atoms with Gasteiger partial charge in [-0.25, -0.2) is 22.3 Å². The minimum atomic E-state index is -3.27. The number of hydrogen-bond donors (Lipinski definition) is 1. The Labute approximate surface area is 197 Å². The lowest BCUT2D eigenvalue weighted by atomic mass is 10.2. The Balaban J connectivity index is 1.39. The molecule has 10 heteroatoms. The molecule has 0 spiro atoms. The molecule has 5 rings (SSSR count). The summed E-state index contributed by atoms with van der Waals surface area (Å²) in [5, 5.41) is 7.65. The van der Waals surface area contributed by atoms with Gasteiger partial charge in [0.15, 0.2) is 9.84 Å². The average molecular weight is 481 g/mol.